The highest BCUT2D eigenvalue weighted by molar-refractivity contribution is 7.00. The zero-order chi connectivity index (χ0) is 49.9. The molecule has 11 aromatic carbocycles. The topological polar surface area (TPSA) is 6.48 Å². The first-order valence-electron chi connectivity index (χ1n) is 27.5. The van der Waals surface area contributed by atoms with Crippen molar-refractivity contribution in [2.24, 2.45) is 0 Å². The summed E-state index contributed by atoms with van der Waals surface area (Å²) >= 11 is 0. The van der Waals surface area contributed by atoms with Crippen LogP contribution in [0.5, 0.6) is 0 Å². The Kier molecular flexibility index (Phi) is 9.76. The zero-order valence-electron chi connectivity index (χ0n) is 42.3. The van der Waals surface area contributed by atoms with Gasteiger partial charge in [0.15, 0.2) is 0 Å². The lowest BCUT2D eigenvalue weighted by Gasteiger charge is -2.45. The van der Waals surface area contributed by atoms with Gasteiger partial charge in [0.1, 0.15) is 0 Å². The van der Waals surface area contributed by atoms with Gasteiger partial charge in [0.05, 0.1) is 5.41 Å². The molecule has 2 aliphatic heterocycles. The minimum absolute atomic E-state index is 0.0291. The van der Waals surface area contributed by atoms with Gasteiger partial charge in [-0.3, -0.25) is 0 Å². The van der Waals surface area contributed by atoms with Crippen LogP contribution < -0.4 is 26.2 Å². The van der Waals surface area contributed by atoms with Gasteiger partial charge in [0.2, 0.25) is 0 Å². The Morgan fingerprint density at radius 2 is 0.776 bits per heavy atom. The van der Waals surface area contributed by atoms with Gasteiger partial charge in [0.25, 0.3) is 6.71 Å². The van der Waals surface area contributed by atoms with E-state index in [9.17, 15) is 0 Å². The molecule has 11 aromatic rings. The summed E-state index contributed by atoms with van der Waals surface area (Å²) in [4.78, 5) is 5.21. The second-order valence-corrected chi connectivity index (χ2v) is 21.7. The van der Waals surface area contributed by atoms with E-state index in [2.05, 4.69) is 265 Å². The van der Waals surface area contributed by atoms with Crippen molar-refractivity contribution in [1.82, 2.24) is 0 Å². The predicted octanol–water partition coefficient (Wildman–Crippen LogP) is 17.2. The fourth-order valence-corrected chi connectivity index (χ4v) is 14.5. The smallest absolute Gasteiger partial charge is 0.252 e. The number of nitrogens with zero attached hydrogens (tertiary/aromatic N) is 2. The quantitative estimate of drug-likeness (QED) is 0.153. The molecule has 2 nitrogen and oxygen atoms in total. The molecule has 1 fully saturated rings. The maximum absolute atomic E-state index is 2.61. The van der Waals surface area contributed by atoms with Crippen LogP contribution in [0.1, 0.15) is 65.8 Å². The van der Waals surface area contributed by atoms with E-state index in [-0.39, 0.29) is 6.71 Å². The van der Waals surface area contributed by atoms with Crippen molar-refractivity contribution in [3.8, 4) is 55.6 Å². The van der Waals surface area contributed by atoms with Gasteiger partial charge < -0.3 is 9.80 Å². The molecule has 1 spiro atoms. The molecule has 0 radical (unpaired) electrons. The molecule has 1 saturated carbocycles. The molecule has 3 heteroatoms. The van der Waals surface area contributed by atoms with Crippen molar-refractivity contribution in [3.05, 3.63) is 283 Å². The van der Waals surface area contributed by atoms with Gasteiger partial charge in [-0.05, 0) is 173 Å². The minimum atomic E-state index is -0.421. The molecule has 358 valence electrons. The molecule has 5 aliphatic rings. The van der Waals surface area contributed by atoms with E-state index in [4.69, 9.17) is 0 Å². The van der Waals surface area contributed by atoms with E-state index in [1.807, 2.05) is 0 Å². The van der Waals surface area contributed by atoms with E-state index in [0.29, 0.717) is 5.92 Å². The Morgan fingerprint density at radius 3 is 1.41 bits per heavy atom. The Morgan fingerprint density at radius 1 is 0.316 bits per heavy atom. The number of para-hydroxylation sites is 1. The van der Waals surface area contributed by atoms with Crippen molar-refractivity contribution in [2.75, 3.05) is 9.80 Å². The van der Waals surface area contributed by atoms with Crippen LogP contribution in [0.25, 0.3) is 55.6 Å². The summed E-state index contributed by atoms with van der Waals surface area (Å²) in [5.74, 6) is 0.502. The van der Waals surface area contributed by atoms with Crippen LogP contribution in [0.15, 0.2) is 255 Å². The Hall–Kier alpha value is -8.92. The average Bonchev–Trinajstić information content (AvgIpc) is 4.07. The molecule has 0 N–H and O–H groups in total. The molecular weight excluding hydrogens is 916 g/mol. The third-order valence-corrected chi connectivity index (χ3v) is 17.9. The number of fused-ring (bicyclic) bond motifs is 14. The summed E-state index contributed by atoms with van der Waals surface area (Å²) in [6, 6.07) is 96.9. The van der Waals surface area contributed by atoms with Crippen molar-refractivity contribution >= 4 is 57.2 Å². The molecule has 76 heavy (non-hydrogen) atoms. The molecule has 0 unspecified atom stereocenters. The fourth-order valence-electron chi connectivity index (χ4n) is 14.5. The molecule has 0 saturated heterocycles. The van der Waals surface area contributed by atoms with E-state index >= 15 is 0 Å². The minimum Gasteiger partial charge on any atom is -0.311 e. The van der Waals surface area contributed by atoms with E-state index in [0.717, 1.165) is 0 Å². The van der Waals surface area contributed by atoms with Crippen LogP contribution in [0.3, 0.4) is 0 Å². The van der Waals surface area contributed by atoms with Crippen molar-refractivity contribution in [1.29, 1.82) is 0 Å². The van der Waals surface area contributed by atoms with E-state index < -0.39 is 5.41 Å². The molecule has 0 atom stereocenters. The SMILES string of the molecule is c1ccc(-c2ccc(N3c4ccc(-c5ccc6c(c5)C5(c7ccccc7-c7ccccc75)c5ccccc5-6)cc4B4c5ccc(-c6ccccc6)cc5N(c5ccccc5)c5cc(C6CCCCC6)cc3c54)cc2)cc1. The molecule has 2 heterocycles. The molecule has 3 aliphatic carbocycles. The average molecular weight is 969 g/mol. The Labute approximate surface area is 446 Å². The lowest BCUT2D eigenvalue weighted by Crippen LogP contribution is -2.61. The van der Waals surface area contributed by atoms with Crippen molar-refractivity contribution < 1.29 is 0 Å². The third-order valence-electron chi connectivity index (χ3n) is 17.9. The van der Waals surface area contributed by atoms with Gasteiger partial charge in [-0.15, -0.1) is 0 Å². The van der Waals surface area contributed by atoms with Gasteiger partial charge >= 0.3 is 0 Å². The Balaban J connectivity index is 0.951. The number of hydrogen-bond donors (Lipinski definition) is 0. The monoisotopic (exact) mass is 968 g/mol. The summed E-state index contributed by atoms with van der Waals surface area (Å²) in [7, 11) is 0. The van der Waals surface area contributed by atoms with Crippen LogP contribution in [0, 0.1) is 0 Å². The largest absolute Gasteiger partial charge is 0.311 e. The van der Waals surface area contributed by atoms with Crippen LogP contribution in [-0.2, 0) is 5.41 Å². The lowest BCUT2D eigenvalue weighted by molar-refractivity contribution is 0.444. The summed E-state index contributed by atoms with van der Waals surface area (Å²) in [6.45, 7) is -0.0291. The molecule has 16 rings (SSSR count). The maximum Gasteiger partial charge on any atom is 0.252 e. The fraction of sp³-hybridized carbons (Fsp3) is 0.0959. The Bertz CT molecular complexity index is 4040. The molecule has 0 bridgehead atoms. The second kappa shape index (κ2) is 17.1. The molecular formula is C73H53BN2. The maximum atomic E-state index is 2.61. The van der Waals surface area contributed by atoms with Gasteiger partial charge in [-0.2, -0.15) is 0 Å². The highest BCUT2D eigenvalue weighted by atomic mass is 15.2. The highest BCUT2D eigenvalue weighted by Gasteiger charge is 2.52. The van der Waals surface area contributed by atoms with Gasteiger partial charge in [-0.25, -0.2) is 0 Å². The summed E-state index contributed by atoms with van der Waals surface area (Å²) in [5, 5.41) is 0. The first-order chi connectivity index (χ1) is 37.7. The third kappa shape index (κ3) is 6.36. The van der Waals surface area contributed by atoms with Crippen molar-refractivity contribution in [2.45, 2.75) is 43.4 Å². The first-order valence-corrected chi connectivity index (χ1v) is 27.5. The second-order valence-electron chi connectivity index (χ2n) is 21.7. The number of benzene rings is 11. The summed E-state index contributed by atoms with van der Waals surface area (Å²) < 4.78 is 0. The highest BCUT2D eigenvalue weighted by Crippen LogP contribution is 2.63. The predicted molar refractivity (Wildman–Crippen MR) is 319 cm³/mol. The number of hydrogen-bond acceptors (Lipinski definition) is 2. The summed E-state index contributed by atoms with van der Waals surface area (Å²) in [5.41, 5.74) is 30.5. The van der Waals surface area contributed by atoms with Gasteiger partial charge in [0, 0.05) is 34.1 Å². The number of rotatable bonds is 6. The van der Waals surface area contributed by atoms with Crippen molar-refractivity contribution in [3.63, 3.8) is 0 Å². The van der Waals surface area contributed by atoms with Crippen LogP contribution in [0.2, 0.25) is 0 Å². The van der Waals surface area contributed by atoms with Crippen LogP contribution in [-0.4, -0.2) is 6.71 Å². The van der Waals surface area contributed by atoms with Crippen LogP contribution >= 0.6 is 0 Å². The summed E-state index contributed by atoms with van der Waals surface area (Å²) in [6.07, 6.45) is 6.30. The number of anilines is 6. The molecule has 0 aromatic heterocycles. The van der Waals surface area contributed by atoms with Gasteiger partial charge in [-0.1, -0.05) is 219 Å². The zero-order valence-corrected chi connectivity index (χ0v) is 42.3. The molecule has 0 amide bonds. The lowest BCUT2D eigenvalue weighted by atomic mass is 9.33. The van der Waals surface area contributed by atoms with Crippen LogP contribution in [0.4, 0.5) is 34.1 Å². The standard InChI is InChI=1S/C73H53BN2/c1-5-19-48(20-6-1)51-33-38-57(39-34-51)75-68-42-37-53(52-35-40-61-60-29-15-18-32-64(60)73(65(61)43-52)62-30-16-13-27-58(62)59-28-14-17-31-63(59)73)44-67(68)74-66-41-36-54(49-21-7-2-8-22-49)45-69(66)76(56-25-11-4-12-26-56)71-47-55(46-70(75)72(71)74)50-23-9-3-10-24-50/h1-2,4-8,11-22,25-47,50H,3,9-10,23-24H2. The normalized spacial score (nSPS) is 15.1. The van der Waals surface area contributed by atoms with E-state index in [1.54, 1.807) is 0 Å². The first kappa shape index (κ1) is 43.5. The van der Waals surface area contributed by atoms with E-state index in [1.165, 1.54) is 166 Å².